The summed E-state index contributed by atoms with van der Waals surface area (Å²) in [5.74, 6) is 1.46. The minimum atomic E-state index is -0.274. The molecule has 2 amide bonds. The number of carbonyl (C=O) groups excluding carboxylic acids is 2. The highest BCUT2D eigenvalue weighted by atomic mass is 16.2. The highest BCUT2D eigenvalue weighted by Crippen LogP contribution is 2.71. The summed E-state index contributed by atoms with van der Waals surface area (Å²) in [6, 6.07) is 0. The van der Waals surface area contributed by atoms with Gasteiger partial charge >= 0.3 is 0 Å². The van der Waals surface area contributed by atoms with E-state index in [9.17, 15) is 9.59 Å². The minimum Gasteiger partial charge on any atom is -0.343 e. The van der Waals surface area contributed by atoms with E-state index in [0.717, 1.165) is 12.8 Å². The number of carbonyl (C=O) groups is 2. The molecule has 1 saturated carbocycles. The van der Waals surface area contributed by atoms with Crippen LogP contribution in [0, 0.1) is 34.5 Å². The lowest BCUT2D eigenvalue weighted by Gasteiger charge is -2.53. The Morgan fingerprint density at radius 1 is 0.931 bits per heavy atom. The van der Waals surface area contributed by atoms with Gasteiger partial charge in [0.25, 0.3) is 0 Å². The van der Waals surface area contributed by atoms with Crippen LogP contribution in [0.25, 0.3) is 0 Å². The van der Waals surface area contributed by atoms with Gasteiger partial charge in [-0.3, -0.25) is 9.59 Å². The molecule has 0 aromatic rings. The van der Waals surface area contributed by atoms with Crippen molar-refractivity contribution >= 4 is 11.8 Å². The summed E-state index contributed by atoms with van der Waals surface area (Å²) in [6.45, 7) is 20.2. The highest BCUT2D eigenvalue weighted by molar-refractivity contribution is 5.87. The second-order valence-electron chi connectivity index (χ2n) is 9.62. The Balaban J connectivity index is 2.58. The van der Waals surface area contributed by atoms with Crippen LogP contribution >= 0.6 is 0 Å². The molecule has 4 heteroatoms. The van der Waals surface area contributed by atoms with Gasteiger partial charge < -0.3 is 9.80 Å². The van der Waals surface area contributed by atoms with Crippen LogP contribution in [0.5, 0.6) is 0 Å². The predicted octanol–water partition coefficient (Wildman–Crippen LogP) is 4.99. The largest absolute Gasteiger partial charge is 0.343 e. The smallest absolute Gasteiger partial charge is 0.227 e. The average Bonchev–Trinajstić information content (AvgIpc) is 3.20. The molecule has 0 radical (unpaired) electrons. The van der Waals surface area contributed by atoms with Crippen LogP contribution in [-0.2, 0) is 9.59 Å². The minimum absolute atomic E-state index is 0.0457. The molecule has 2 aliphatic rings. The van der Waals surface area contributed by atoms with Crippen molar-refractivity contribution < 1.29 is 9.59 Å². The fraction of sp³-hybridized carbons (Fsp3) is 0.840. The normalized spacial score (nSPS) is 25.7. The van der Waals surface area contributed by atoms with Crippen molar-refractivity contribution in [3.63, 3.8) is 0 Å². The van der Waals surface area contributed by atoms with Crippen LogP contribution in [0.1, 0.15) is 74.7 Å². The summed E-state index contributed by atoms with van der Waals surface area (Å²) in [4.78, 5) is 30.9. The third-order valence-corrected chi connectivity index (χ3v) is 8.32. The summed E-state index contributed by atoms with van der Waals surface area (Å²) in [7, 11) is 0. The van der Waals surface area contributed by atoms with Gasteiger partial charge in [-0.05, 0) is 63.7 Å². The van der Waals surface area contributed by atoms with Crippen LogP contribution in [0.3, 0.4) is 0 Å². The molecule has 0 aliphatic heterocycles. The molecule has 2 bridgehead atoms. The molecule has 0 aromatic heterocycles. The molecule has 0 heterocycles. The topological polar surface area (TPSA) is 40.6 Å². The van der Waals surface area contributed by atoms with Gasteiger partial charge in [-0.1, -0.05) is 39.8 Å². The van der Waals surface area contributed by atoms with Gasteiger partial charge in [0.15, 0.2) is 0 Å². The van der Waals surface area contributed by atoms with Gasteiger partial charge in [0.2, 0.25) is 11.8 Å². The molecule has 166 valence electrons. The zero-order chi connectivity index (χ0) is 22.0. The van der Waals surface area contributed by atoms with Crippen molar-refractivity contribution in [3.05, 3.63) is 12.2 Å². The Hall–Kier alpha value is -1.32. The van der Waals surface area contributed by atoms with E-state index in [4.69, 9.17) is 0 Å². The van der Waals surface area contributed by atoms with Gasteiger partial charge in [-0.25, -0.2) is 0 Å². The molecule has 0 spiro atoms. The number of nitrogens with zero attached hydrogens (tertiary/aromatic N) is 2. The van der Waals surface area contributed by atoms with Crippen molar-refractivity contribution in [2.45, 2.75) is 74.7 Å². The van der Waals surface area contributed by atoms with Crippen LogP contribution in [-0.4, -0.2) is 47.8 Å². The monoisotopic (exact) mass is 404 g/mol. The zero-order valence-electron chi connectivity index (χ0n) is 20.1. The molecule has 3 atom stereocenters. The molecule has 2 rings (SSSR count). The fourth-order valence-electron chi connectivity index (χ4n) is 7.28. The first kappa shape index (κ1) is 24.0. The second-order valence-corrected chi connectivity index (χ2v) is 9.62. The quantitative estimate of drug-likeness (QED) is 0.481. The third-order valence-electron chi connectivity index (χ3n) is 8.32. The summed E-state index contributed by atoms with van der Waals surface area (Å²) < 4.78 is 0. The number of hydrogen-bond acceptors (Lipinski definition) is 2. The van der Waals surface area contributed by atoms with Gasteiger partial charge in [0.1, 0.15) is 0 Å². The lowest BCUT2D eigenvalue weighted by Crippen LogP contribution is -2.54. The van der Waals surface area contributed by atoms with Crippen molar-refractivity contribution in [2.24, 2.45) is 34.5 Å². The van der Waals surface area contributed by atoms with Crippen LogP contribution in [0.2, 0.25) is 0 Å². The molecule has 0 aromatic carbocycles. The number of rotatable bonds is 10. The maximum atomic E-state index is 13.9. The lowest BCUT2D eigenvalue weighted by atomic mass is 9.50. The Kier molecular flexibility index (Phi) is 7.62. The Morgan fingerprint density at radius 3 is 1.83 bits per heavy atom. The number of amides is 2. The maximum Gasteiger partial charge on any atom is 0.227 e. The van der Waals surface area contributed by atoms with Crippen LogP contribution in [0.15, 0.2) is 12.2 Å². The first-order chi connectivity index (χ1) is 13.7. The van der Waals surface area contributed by atoms with E-state index < -0.39 is 0 Å². The Bertz CT molecular complexity index is 608. The van der Waals surface area contributed by atoms with Crippen LogP contribution < -0.4 is 0 Å². The average molecular weight is 405 g/mol. The Labute approximate surface area is 179 Å². The molecule has 29 heavy (non-hydrogen) atoms. The molecule has 2 aliphatic carbocycles. The summed E-state index contributed by atoms with van der Waals surface area (Å²) in [5.41, 5.74) is -0.174. The second kappa shape index (κ2) is 9.22. The summed E-state index contributed by atoms with van der Waals surface area (Å²) >= 11 is 0. The summed E-state index contributed by atoms with van der Waals surface area (Å²) in [5, 5.41) is 0. The molecule has 1 fully saturated rings. The van der Waals surface area contributed by atoms with Crippen LogP contribution in [0.4, 0.5) is 0 Å². The highest BCUT2D eigenvalue weighted by Gasteiger charge is 2.67. The van der Waals surface area contributed by atoms with Crippen molar-refractivity contribution in [3.8, 4) is 0 Å². The van der Waals surface area contributed by atoms with Crippen molar-refractivity contribution in [1.29, 1.82) is 0 Å². The Morgan fingerprint density at radius 2 is 1.45 bits per heavy atom. The van der Waals surface area contributed by atoms with Gasteiger partial charge in [0, 0.05) is 38.0 Å². The molecule has 0 N–H and O–H groups in total. The zero-order valence-corrected chi connectivity index (χ0v) is 20.1. The van der Waals surface area contributed by atoms with E-state index in [1.54, 1.807) is 0 Å². The van der Waals surface area contributed by atoms with E-state index in [1.807, 2.05) is 37.5 Å². The van der Waals surface area contributed by atoms with E-state index in [2.05, 4.69) is 39.8 Å². The maximum absolute atomic E-state index is 13.9. The fourth-order valence-corrected chi connectivity index (χ4v) is 7.28. The standard InChI is InChI=1S/C25H44N2O2/c1-9-26(10-2)22(28)17-21(23(29)27(11-3)12-4)24-15-13-20(14-16-24)25(24,18(5)6)19(7)8/h13,15,18-21H,9-12,14,16-17H2,1-8H3. The predicted molar refractivity (Wildman–Crippen MR) is 120 cm³/mol. The first-order valence-electron chi connectivity index (χ1n) is 11.9. The summed E-state index contributed by atoms with van der Waals surface area (Å²) in [6.07, 6.45) is 7.23. The molecular weight excluding hydrogens is 360 g/mol. The van der Waals surface area contributed by atoms with E-state index in [0.29, 0.717) is 50.4 Å². The van der Waals surface area contributed by atoms with Gasteiger partial charge in [-0.2, -0.15) is 0 Å². The van der Waals surface area contributed by atoms with Crippen molar-refractivity contribution in [1.82, 2.24) is 9.80 Å². The van der Waals surface area contributed by atoms with E-state index >= 15 is 0 Å². The molecule has 4 nitrogen and oxygen atoms in total. The molecule has 3 unspecified atom stereocenters. The number of allylic oxidation sites excluding steroid dienone is 2. The molecule has 0 saturated heterocycles. The lowest BCUT2D eigenvalue weighted by molar-refractivity contribution is -0.151. The van der Waals surface area contributed by atoms with E-state index in [1.165, 1.54) is 0 Å². The SMILES string of the molecule is CCN(CC)C(=O)CC(C(=O)N(CC)CC)C12C=CC(CC1)C2(C(C)C)C(C)C. The first-order valence-corrected chi connectivity index (χ1v) is 11.9. The number of fused-ring (bicyclic) bond motifs is 2. The van der Waals surface area contributed by atoms with Crippen molar-refractivity contribution in [2.75, 3.05) is 26.2 Å². The molecular formula is C25H44N2O2. The number of hydrogen-bond donors (Lipinski definition) is 0. The van der Waals surface area contributed by atoms with Gasteiger partial charge in [-0.15, -0.1) is 0 Å². The van der Waals surface area contributed by atoms with E-state index in [-0.39, 0.29) is 28.6 Å². The van der Waals surface area contributed by atoms with Gasteiger partial charge in [0.05, 0.1) is 5.92 Å². The third kappa shape index (κ3) is 3.55.